The lowest BCUT2D eigenvalue weighted by Crippen LogP contribution is -2.32. The van der Waals surface area contributed by atoms with Crippen molar-refractivity contribution in [2.24, 2.45) is 0 Å². The lowest BCUT2D eigenvalue weighted by atomic mass is 10.2. The summed E-state index contributed by atoms with van der Waals surface area (Å²) in [4.78, 5) is 31.5. The maximum atomic E-state index is 11.9. The third kappa shape index (κ3) is 4.39. The van der Waals surface area contributed by atoms with E-state index in [4.69, 9.17) is 11.6 Å². The second-order valence-corrected chi connectivity index (χ2v) is 5.37. The minimum absolute atomic E-state index is 0.160. The van der Waals surface area contributed by atoms with Crippen molar-refractivity contribution in [1.29, 1.82) is 0 Å². The van der Waals surface area contributed by atoms with Gasteiger partial charge in [0.1, 0.15) is 17.8 Å². The molecule has 0 fully saturated rings. The third-order valence-electron chi connectivity index (χ3n) is 3.23. The quantitative estimate of drug-likeness (QED) is 0.677. The predicted molar refractivity (Wildman–Crippen MR) is 91.6 cm³/mol. The van der Waals surface area contributed by atoms with Gasteiger partial charge in [-0.1, -0.05) is 11.6 Å². The Morgan fingerprint density at radius 3 is 2.56 bits per heavy atom. The van der Waals surface area contributed by atoms with Gasteiger partial charge in [-0.3, -0.25) is 9.59 Å². The lowest BCUT2D eigenvalue weighted by molar-refractivity contribution is -0.115. The van der Waals surface area contributed by atoms with E-state index in [0.717, 1.165) is 5.69 Å². The summed E-state index contributed by atoms with van der Waals surface area (Å²) in [6, 6.07) is 10.1. The van der Waals surface area contributed by atoms with Crippen molar-refractivity contribution in [3.8, 4) is 5.69 Å². The first-order valence-corrected chi connectivity index (χ1v) is 7.64. The van der Waals surface area contributed by atoms with Crippen LogP contribution in [0.5, 0.6) is 0 Å². The molecule has 3 aromatic rings. The Balaban J connectivity index is 1.52. The molecule has 2 N–H and O–H groups in total. The number of nitrogens with zero attached hydrogens (tertiary/aromatic N) is 4. The summed E-state index contributed by atoms with van der Waals surface area (Å²) in [6.45, 7) is -0.160. The number of anilines is 1. The second kappa shape index (κ2) is 7.54. The van der Waals surface area contributed by atoms with Gasteiger partial charge in [0, 0.05) is 11.9 Å². The zero-order valence-corrected chi connectivity index (χ0v) is 13.6. The SMILES string of the molecule is O=C(CNC(=O)c1ccc(Cl)nc1)Nc1ccc(-n2cncn2)cc1. The molecule has 126 valence electrons. The first-order chi connectivity index (χ1) is 12.1. The van der Waals surface area contributed by atoms with Crippen LogP contribution in [0.2, 0.25) is 5.15 Å². The Kier molecular flexibility index (Phi) is 5.00. The highest BCUT2D eigenvalue weighted by molar-refractivity contribution is 6.29. The molecule has 2 amide bonds. The monoisotopic (exact) mass is 356 g/mol. The van der Waals surface area contributed by atoms with Crippen molar-refractivity contribution in [2.75, 3.05) is 11.9 Å². The van der Waals surface area contributed by atoms with E-state index in [-0.39, 0.29) is 12.5 Å². The van der Waals surface area contributed by atoms with Gasteiger partial charge in [0.05, 0.1) is 17.8 Å². The number of rotatable bonds is 5. The molecule has 0 aliphatic rings. The number of carbonyl (C=O) groups is 2. The van der Waals surface area contributed by atoms with Gasteiger partial charge in [-0.25, -0.2) is 14.6 Å². The van der Waals surface area contributed by atoms with Crippen LogP contribution < -0.4 is 10.6 Å². The smallest absolute Gasteiger partial charge is 0.253 e. The van der Waals surface area contributed by atoms with E-state index in [0.29, 0.717) is 16.4 Å². The molecule has 8 nitrogen and oxygen atoms in total. The van der Waals surface area contributed by atoms with Gasteiger partial charge in [-0.15, -0.1) is 0 Å². The van der Waals surface area contributed by atoms with Crippen LogP contribution in [0.3, 0.4) is 0 Å². The van der Waals surface area contributed by atoms with E-state index >= 15 is 0 Å². The summed E-state index contributed by atoms with van der Waals surface area (Å²) < 4.78 is 1.60. The van der Waals surface area contributed by atoms with Crippen molar-refractivity contribution in [1.82, 2.24) is 25.1 Å². The summed E-state index contributed by atoms with van der Waals surface area (Å²) in [6.07, 6.45) is 4.36. The Hall–Kier alpha value is -3.26. The number of benzene rings is 1. The molecule has 2 aromatic heterocycles. The molecule has 2 heterocycles. The highest BCUT2D eigenvalue weighted by Gasteiger charge is 2.09. The summed E-state index contributed by atoms with van der Waals surface area (Å²) in [5, 5.41) is 9.52. The Morgan fingerprint density at radius 2 is 1.92 bits per heavy atom. The molecule has 0 saturated heterocycles. The molecule has 0 spiro atoms. The van der Waals surface area contributed by atoms with Crippen molar-refractivity contribution >= 4 is 29.1 Å². The van der Waals surface area contributed by atoms with Gasteiger partial charge in [0.2, 0.25) is 5.91 Å². The number of aromatic nitrogens is 4. The zero-order valence-electron chi connectivity index (χ0n) is 12.9. The van der Waals surface area contributed by atoms with Crippen molar-refractivity contribution in [2.45, 2.75) is 0 Å². The van der Waals surface area contributed by atoms with Crippen LogP contribution in [0.4, 0.5) is 5.69 Å². The van der Waals surface area contributed by atoms with Crippen LogP contribution in [0, 0.1) is 0 Å². The van der Waals surface area contributed by atoms with Gasteiger partial charge in [-0.05, 0) is 36.4 Å². The summed E-state index contributed by atoms with van der Waals surface area (Å²) >= 11 is 5.66. The molecule has 25 heavy (non-hydrogen) atoms. The molecule has 0 bridgehead atoms. The van der Waals surface area contributed by atoms with Gasteiger partial charge in [-0.2, -0.15) is 5.10 Å². The van der Waals surface area contributed by atoms with E-state index in [2.05, 4.69) is 25.7 Å². The fourth-order valence-electron chi connectivity index (χ4n) is 2.02. The molecule has 9 heteroatoms. The largest absolute Gasteiger partial charge is 0.343 e. The average Bonchev–Trinajstić information content (AvgIpc) is 3.15. The molecule has 0 radical (unpaired) electrons. The molecule has 0 atom stereocenters. The predicted octanol–water partition coefficient (Wildman–Crippen LogP) is 1.68. The van der Waals surface area contributed by atoms with E-state index in [1.807, 2.05) is 0 Å². The molecule has 0 saturated carbocycles. The number of nitrogens with one attached hydrogen (secondary N) is 2. The van der Waals surface area contributed by atoms with Gasteiger partial charge < -0.3 is 10.6 Å². The van der Waals surface area contributed by atoms with E-state index < -0.39 is 5.91 Å². The zero-order chi connectivity index (χ0) is 17.6. The summed E-state index contributed by atoms with van der Waals surface area (Å²) in [5.74, 6) is -0.746. The van der Waals surface area contributed by atoms with Crippen LogP contribution in [-0.4, -0.2) is 38.1 Å². The van der Waals surface area contributed by atoms with Crippen LogP contribution >= 0.6 is 11.6 Å². The molecule has 0 unspecified atom stereocenters. The number of pyridine rings is 1. The van der Waals surface area contributed by atoms with Gasteiger partial charge >= 0.3 is 0 Å². The molecular formula is C16H13ClN6O2. The minimum atomic E-state index is -0.402. The van der Waals surface area contributed by atoms with Crippen LogP contribution in [-0.2, 0) is 4.79 Å². The van der Waals surface area contributed by atoms with Crippen molar-refractivity contribution in [3.63, 3.8) is 0 Å². The standard InChI is InChI=1S/C16H13ClN6O2/c17-14-6-1-11(7-19-14)16(25)20-8-15(24)22-12-2-4-13(5-3-12)23-10-18-9-21-23/h1-7,9-10H,8H2,(H,20,25)(H,22,24). The van der Waals surface area contributed by atoms with Crippen molar-refractivity contribution < 1.29 is 9.59 Å². The van der Waals surface area contributed by atoms with E-state index in [1.54, 1.807) is 35.3 Å². The summed E-state index contributed by atoms with van der Waals surface area (Å²) in [5.41, 5.74) is 1.75. The van der Waals surface area contributed by atoms with E-state index in [9.17, 15) is 9.59 Å². The third-order valence-corrected chi connectivity index (χ3v) is 3.46. The first-order valence-electron chi connectivity index (χ1n) is 7.26. The molecule has 3 rings (SSSR count). The van der Waals surface area contributed by atoms with Crippen LogP contribution in [0.25, 0.3) is 5.69 Å². The fourth-order valence-corrected chi connectivity index (χ4v) is 2.13. The number of hydrogen-bond acceptors (Lipinski definition) is 5. The van der Waals surface area contributed by atoms with Crippen molar-refractivity contribution in [3.05, 3.63) is 66.0 Å². The highest BCUT2D eigenvalue weighted by Crippen LogP contribution is 2.12. The van der Waals surface area contributed by atoms with Crippen LogP contribution in [0.15, 0.2) is 55.2 Å². The second-order valence-electron chi connectivity index (χ2n) is 4.99. The Morgan fingerprint density at radius 1 is 1.12 bits per heavy atom. The van der Waals surface area contributed by atoms with Gasteiger partial charge in [0.25, 0.3) is 5.91 Å². The molecule has 0 aliphatic carbocycles. The maximum Gasteiger partial charge on any atom is 0.253 e. The number of hydrogen-bond donors (Lipinski definition) is 2. The Bertz CT molecular complexity index is 863. The number of carbonyl (C=O) groups excluding carboxylic acids is 2. The molecule has 0 aliphatic heterocycles. The van der Waals surface area contributed by atoms with Gasteiger partial charge in [0.15, 0.2) is 0 Å². The molecular weight excluding hydrogens is 344 g/mol. The first kappa shape index (κ1) is 16.6. The normalized spacial score (nSPS) is 10.3. The number of amides is 2. The summed E-state index contributed by atoms with van der Waals surface area (Å²) in [7, 11) is 0. The Labute approximate surface area is 147 Å². The van der Waals surface area contributed by atoms with Crippen LogP contribution in [0.1, 0.15) is 10.4 Å². The maximum absolute atomic E-state index is 11.9. The highest BCUT2D eigenvalue weighted by atomic mass is 35.5. The topological polar surface area (TPSA) is 102 Å². The molecule has 1 aromatic carbocycles. The lowest BCUT2D eigenvalue weighted by Gasteiger charge is -2.08. The average molecular weight is 357 g/mol. The number of halogens is 1. The minimum Gasteiger partial charge on any atom is -0.343 e. The fraction of sp³-hybridized carbons (Fsp3) is 0.0625. The van der Waals surface area contributed by atoms with E-state index in [1.165, 1.54) is 24.7 Å².